The van der Waals surface area contributed by atoms with Crippen molar-refractivity contribution in [3.63, 3.8) is 0 Å². The molecule has 0 saturated carbocycles. The van der Waals surface area contributed by atoms with Gasteiger partial charge in [-0.05, 0) is 36.5 Å². The third-order valence-corrected chi connectivity index (χ3v) is 4.80. The van der Waals surface area contributed by atoms with Gasteiger partial charge in [0.2, 0.25) is 0 Å². The zero-order valence-electron chi connectivity index (χ0n) is 11.4. The Morgan fingerprint density at radius 3 is 2.84 bits per heavy atom. The predicted octanol–water partition coefficient (Wildman–Crippen LogP) is 3.53. The topological polar surface area (TPSA) is 50.2 Å². The van der Waals surface area contributed by atoms with Crippen molar-refractivity contribution in [2.45, 2.75) is 39.5 Å². The van der Waals surface area contributed by atoms with Crippen LogP contribution in [0.15, 0.2) is 6.07 Å². The van der Waals surface area contributed by atoms with Crippen molar-refractivity contribution in [1.29, 1.82) is 0 Å². The number of carboxylic acid groups (broad SMARTS) is 1. The van der Waals surface area contributed by atoms with Crippen molar-refractivity contribution < 1.29 is 9.90 Å². The van der Waals surface area contributed by atoms with Crippen LogP contribution in [-0.4, -0.2) is 16.1 Å². The van der Waals surface area contributed by atoms with Crippen LogP contribution in [0, 0.1) is 12.8 Å². The van der Waals surface area contributed by atoms with Crippen molar-refractivity contribution in [3.05, 3.63) is 27.8 Å². The van der Waals surface area contributed by atoms with Crippen LogP contribution in [0.25, 0.3) is 10.2 Å². The molecule has 0 radical (unpaired) electrons. The standard InChI is InChI=1S/C15H17NO2S/c1-7(2)13-10-5-9(15(17)18)6-12(10)16-14-11(13)4-8(3)19-14/h4,7,9H,5-6H2,1-3H3,(H,17,18). The van der Waals surface area contributed by atoms with E-state index in [1.165, 1.54) is 21.4 Å². The SMILES string of the molecule is Cc1cc2c(C(C)C)c3c(nc2s1)CC(C(=O)O)C3. The second kappa shape index (κ2) is 4.30. The Morgan fingerprint density at radius 2 is 2.21 bits per heavy atom. The van der Waals surface area contributed by atoms with Gasteiger partial charge in [0.1, 0.15) is 4.83 Å². The minimum atomic E-state index is -0.702. The van der Waals surface area contributed by atoms with Crippen LogP contribution in [0.4, 0.5) is 0 Å². The first kappa shape index (κ1) is 12.6. The second-order valence-corrected chi connectivity index (χ2v) is 6.86. The van der Waals surface area contributed by atoms with E-state index in [1.807, 2.05) is 0 Å². The summed E-state index contributed by atoms with van der Waals surface area (Å²) in [6.07, 6.45) is 1.22. The van der Waals surface area contributed by atoms with Crippen LogP contribution in [0.2, 0.25) is 0 Å². The summed E-state index contributed by atoms with van der Waals surface area (Å²) in [5.41, 5.74) is 3.51. The van der Waals surface area contributed by atoms with Crippen LogP contribution in [0.1, 0.15) is 41.5 Å². The number of aromatic nitrogens is 1. The quantitative estimate of drug-likeness (QED) is 0.912. The molecule has 0 fully saturated rings. The molecule has 1 N–H and O–H groups in total. The van der Waals surface area contributed by atoms with Crippen molar-refractivity contribution in [2.24, 2.45) is 5.92 Å². The largest absolute Gasteiger partial charge is 0.481 e. The summed E-state index contributed by atoms with van der Waals surface area (Å²) in [6, 6.07) is 2.19. The number of pyridine rings is 1. The highest BCUT2D eigenvalue weighted by molar-refractivity contribution is 7.18. The van der Waals surface area contributed by atoms with E-state index in [0.29, 0.717) is 18.8 Å². The lowest BCUT2D eigenvalue weighted by Crippen LogP contribution is -2.13. The van der Waals surface area contributed by atoms with Gasteiger partial charge in [0.25, 0.3) is 0 Å². The Kier molecular flexibility index (Phi) is 2.86. The monoisotopic (exact) mass is 275 g/mol. The lowest BCUT2D eigenvalue weighted by atomic mass is 9.93. The lowest BCUT2D eigenvalue weighted by molar-refractivity contribution is -0.141. The van der Waals surface area contributed by atoms with Gasteiger partial charge in [-0.25, -0.2) is 4.98 Å². The van der Waals surface area contributed by atoms with E-state index < -0.39 is 5.97 Å². The smallest absolute Gasteiger partial charge is 0.307 e. The average molecular weight is 275 g/mol. The molecule has 19 heavy (non-hydrogen) atoms. The summed E-state index contributed by atoms with van der Waals surface area (Å²) in [4.78, 5) is 18.2. The molecule has 1 unspecified atom stereocenters. The van der Waals surface area contributed by atoms with E-state index in [4.69, 9.17) is 4.98 Å². The van der Waals surface area contributed by atoms with Gasteiger partial charge in [-0.3, -0.25) is 4.79 Å². The number of hydrogen-bond donors (Lipinski definition) is 1. The maximum absolute atomic E-state index is 11.2. The van der Waals surface area contributed by atoms with E-state index >= 15 is 0 Å². The molecule has 3 nitrogen and oxygen atoms in total. The normalized spacial score (nSPS) is 18.2. The highest BCUT2D eigenvalue weighted by Gasteiger charge is 2.32. The van der Waals surface area contributed by atoms with E-state index in [-0.39, 0.29) is 5.92 Å². The van der Waals surface area contributed by atoms with E-state index in [1.54, 1.807) is 11.3 Å². The van der Waals surface area contributed by atoms with Crippen LogP contribution >= 0.6 is 11.3 Å². The number of rotatable bonds is 2. The second-order valence-electron chi connectivity index (χ2n) is 5.62. The molecule has 100 valence electrons. The van der Waals surface area contributed by atoms with Crippen molar-refractivity contribution >= 4 is 27.5 Å². The molecule has 2 aromatic rings. The van der Waals surface area contributed by atoms with Crippen molar-refractivity contribution in [3.8, 4) is 0 Å². The number of aryl methyl sites for hydroxylation is 1. The fraction of sp³-hybridized carbons (Fsp3) is 0.467. The molecular formula is C15H17NO2S. The van der Waals surface area contributed by atoms with E-state index in [2.05, 4.69) is 26.8 Å². The Hall–Kier alpha value is -1.42. The lowest BCUT2D eigenvalue weighted by Gasteiger charge is -2.13. The molecule has 2 heterocycles. The molecule has 0 saturated heterocycles. The fourth-order valence-electron chi connectivity index (χ4n) is 3.07. The van der Waals surface area contributed by atoms with Gasteiger partial charge in [-0.2, -0.15) is 0 Å². The van der Waals surface area contributed by atoms with Gasteiger partial charge in [0, 0.05) is 22.4 Å². The Balaban J connectivity index is 2.24. The fourth-order valence-corrected chi connectivity index (χ4v) is 3.99. The third-order valence-electron chi connectivity index (χ3n) is 3.85. The molecule has 0 aromatic carbocycles. The van der Waals surface area contributed by atoms with Gasteiger partial charge in [-0.1, -0.05) is 13.8 Å². The summed E-state index contributed by atoms with van der Waals surface area (Å²) < 4.78 is 0. The molecule has 0 bridgehead atoms. The predicted molar refractivity (Wildman–Crippen MR) is 77.0 cm³/mol. The Morgan fingerprint density at radius 1 is 1.47 bits per heavy atom. The van der Waals surface area contributed by atoms with E-state index in [9.17, 15) is 9.90 Å². The molecule has 4 heteroatoms. The Labute approximate surface area is 116 Å². The number of hydrogen-bond acceptors (Lipinski definition) is 3. The van der Waals surface area contributed by atoms with Crippen LogP contribution in [-0.2, 0) is 17.6 Å². The molecule has 0 amide bonds. The Bertz CT molecular complexity index is 672. The molecule has 1 atom stereocenters. The van der Waals surface area contributed by atoms with Crippen molar-refractivity contribution in [1.82, 2.24) is 4.98 Å². The molecule has 3 rings (SSSR count). The maximum Gasteiger partial charge on any atom is 0.307 e. The van der Waals surface area contributed by atoms with Gasteiger partial charge >= 0.3 is 5.97 Å². The first-order valence-electron chi connectivity index (χ1n) is 6.62. The van der Waals surface area contributed by atoms with Gasteiger partial charge < -0.3 is 5.11 Å². The summed E-state index contributed by atoms with van der Waals surface area (Å²) in [7, 11) is 0. The highest BCUT2D eigenvalue weighted by Crippen LogP contribution is 2.39. The summed E-state index contributed by atoms with van der Waals surface area (Å²) in [6.45, 7) is 6.45. The molecule has 1 aliphatic rings. The van der Waals surface area contributed by atoms with Crippen molar-refractivity contribution in [2.75, 3.05) is 0 Å². The number of carbonyl (C=O) groups is 1. The number of nitrogens with zero attached hydrogens (tertiary/aromatic N) is 1. The number of thiophene rings is 1. The first-order valence-corrected chi connectivity index (χ1v) is 7.43. The molecule has 0 spiro atoms. The van der Waals surface area contributed by atoms with E-state index in [0.717, 1.165) is 10.5 Å². The minimum absolute atomic E-state index is 0.294. The summed E-state index contributed by atoms with van der Waals surface area (Å²) in [5.74, 6) is -0.592. The molecule has 1 aliphatic carbocycles. The number of fused-ring (bicyclic) bond motifs is 2. The summed E-state index contributed by atoms with van der Waals surface area (Å²) in [5, 5.41) is 10.4. The molecule has 0 aliphatic heterocycles. The number of aliphatic carboxylic acids is 1. The highest BCUT2D eigenvalue weighted by atomic mass is 32.1. The molecular weight excluding hydrogens is 258 g/mol. The average Bonchev–Trinajstić information content (AvgIpc) is 2.86. The van der Waals surface area contributed by atoms with Gasteiger partial charge in [-0.15, -0.1) is 11.3 Å². The summed E-state index contributed by atoms with van der Waals surface area (Å²) >= 11 is 1.70. The zero-order valence-corrected chi connectivity index (χ0v) is 12.2. The van der Waals surface area contributed by atoms with Gasteiger partial charge in [0.15, 0.2) is 0 Å². The molecule has 2 aromatic heterocycles. The first-order chi connectivity index (χ1) is 8.97. The minimum Gasteiger partial charge on any atom is -0.481 e. The van der Waals surface area contributed by atoms with Gasteiger partial charge in [0.05, 0.1) is 5.92 Å². The maximum atomic E-state index is 11.2. The third kappa shape index (κ3) is 1.94. The van der Waals surface area contributed by atoms with Crippen LogP contribution in [0.3, 0.4) is 0 Å². The number of carboxylic acids is 1. The van der Waals surface area contributed by atoms with Crippen LogP contribution < -0.4 is 0 Å². The van der Waals surface area contributed by atoms with Crippen LogP contribution in [0.5, 0.6) is 0 Å². The zero-order chi connectivity index (χ0) is 13.7.